The Hall–Kier alpha value is -2.47. The number of allylic oxidation sites excluding steroid dienone is 2. The lowest BCUT2D eigenvalue weighted by Gasteiger charge is -2.64. The highest BCUT2D eigenvalue weighted by Crippen LogP contribution is 2.65. The first kappa shape index (κ1) is 36.0. The second kappa shape index (κ2) is 15.2. The second-order valence-electron chi connectivity index (χ2n) is 15.0. The fourth-order valence-corrected chi connectivity index (χ4v) is 7.61. The fourth-order valence-electron chi connectivity index (χ4n) is 7.61. The number of aliphatic imine (C=N–C) groups is 1. The summed E-state index contributed by atoms with van der Waals surface area (Å²) in [5, 5.41) is 13.1. The van der Waals surface area contributed by atoms with E-state index in [9.17, 15) is 19.7 Å². The normalized spacial score (nSPS) is 27.5. The molecule has 0 unspecified atom stereocenters. The average Bonchev–Trinajstić information content (AvgIpc) is 3.26. The minimum Gasteiger partial charge on any atom is -0.404 e. The molecule has 1 saturated heterocycles. The zero-order valence-electron chi connectivity index (χ0n) is 28.2. The predicted molar refractivity (Wildman–Crippen MR) is 173 cm³/mol. The van der Waals surface area contributed by atoms with Crippen LogP contribution in [0.15, 0.2) is 16.6 Å². The van der Waals surface area contributed by atoms with E-state index in [4.69, 9.17) is 15.0 Å². The summed E-state index contributed by atoms with van der Waals surface area (Å²) in [5.41, 5.74) is 8.48. The van der Waals surface area contributed by atoms with Crippen LogP contribution in [-0.4, -0.2) is 54.0 Å². The molecule has 7 atom stereocenters. The Labute approximate surface area is 264 Å². The third-order valence-electron chi connectivity index (χ3n) is 10.2. The van der Waals surface area contributed by atoms with E-state index < -0.39 is 18.1 Å². The summed E-state index contributed by atoms with van der Waals surface area (Å²) in [6, 6.07) is 0. The van der Waals surface area contributed by atoms with Crippen LogP contribution >= 0.6 is 0 Å². The summed E-state index contributed by atoms with van der Waals surface area (Å²) in [4.78, 5) is 41.6. The molecule has 2 bridgehead atoms. The lowest BCUT2D eigenvalue weighted by molar-refractivity contribution is -0.525. The highest BCUT2D eigenvalue weighted by atomic mass is 16.7. The van der Waals surface area contributed by atoms with Gasteiger partial charge in [0.05, 0.1) is 17.6 Å². The highest BCUT2D eigenvalue weighted by molar-refractivity contribution is 6.47. The van der Waals surface area contributed by atoms with E-state index in [1.165, 1.54) is 5.57 Å². The lowest BCUT2D eigenvalue weighted by Crippen LogP contribution is -2.65. The van der Waals surface area contributed by atoms with Gasteiger partial charge in [-0.1, -0.05) is 51.7 Å². The molecule has 0 spiro atoms. The van der Waals surface area contributed by atoms with Crippen molar-refractivity contribution >= 4 is 24.8 Å². The first-order valence-electron chi connectivity index (χ1n) is 16.5. The topological polar surface area (TPSA) is 158 Å². The first-order chi connectivity index (χ1) is 20.5. The Morgan fingerprint density at radius 3 is 2.48 bits per heavy atom. The molecule has 11 nitrogen and oxygen atoms in total. The maximum Gasteiger partial charge on any atom is 0.481 e. The molecule has 4 fully saturated rings. The monoisotopic (exact) mass is 617 g/mol. The van der Waals surface area contributed by atoms with E-state index in [1.807, 2.05) is 5.43 Å². The number of Topliss-reactive ketones (excluding diaryl/α,β-unsaturated/α-hetero) is 1. The molecule has 1 amide bonds. The molecular weight excluding hydrogens is 561 g/mol. The van der Waals surface area contributed by atoms with Crippen molar-refractivity contribution in [3.05, 3.63) is 21.8 Å². The van der Waals surface area contributed by atoms with E-state index in [0.717, 1.165) is 25.7 Å². The van der Waals surface area contributed by atoms with Crippen molar-refractivity contribution in [3.63, 3.8) is 0 Å². The molecule has 0 radical (unpaired) electrons. The number of ketones is 1. The molecule has 4 rings (SSSR count). The van der Waals surface area contributed by atoms with Crippen LogP contribution in [0.1, 0.15) is 113 Å². The van der Waals surface area contributed by atoms with Crippen molar-refractivity contribution in [2.75, 3.05) is 6.54 Å². The Bertz CT molecular complexity index is 1090. The Balaban J connectivity index is 1.69. The van der Waals surface area contributed by atoms with Crippen LogP contribution < -0.4 is 16.5 Å². The minimum absolute atomic E-state index is 0.0112. The summed E-state index contributed by atoms with van der Waals surface area (Å²) < 4.78 is 13.3. The Morgan fingerprint density at radius 2 is 1.86 bits per heavy atom. The third kappa shape index (κ3) is 9.28. The summed E-state index contributed by atoms with van der Waals surface area (Å²) >= 11 is 0. The van der Waals surface area contributed by atoms with Crippen molar-refractivity contribution in [1.82, 2.24) is 10.7 Å². The largest absolute Gasteiger partial charge is 0.481 e. The number of hydrogen-bond donors (Lipinski definition) is 3. The van der Waals surface area contributed by atoms with Gasteiger partial charge in [0, 0.05) is 25.3 Å². The van der Waals surface area contributed by atoms with Crippen molar-refractivity contribution in [2.45, 2.75) is 131 Å². The molecule has 0 aromatic carbocycles. The molecule has 3 aliphatic carbocycles. The summed E-state index contributed by atoms with van der Waals surface area (Å²) in [6.07, 6.45) is 8.24. The molecule has 44 heavy (non-hydrogen) atoms. The number of nitrogens with one attached hydrogen (secondary N) is 2. The number of carbonyl (C=O) groups excluding carboxylic acids is 2. The van der Waals surface area contributed by atoms with E-state index in [0.29, 0.717) is 43.4 Å². The number of rotatable bonds is 17. The quantitative estimate of drug-likeness (QED) is 0.0391. The number of hydrogen-bond acceptors (Lipinski definition) is 7. The summed E-state index contributed by atoms with van der Waals surface area (Å²) in [7, 11) is -0.546. The number of carbonyl (C=O) groups is 2. The van der Waals surface area contributed by atoms with Gasteiger partial charge in [0.2, 0.25) is 5.91 Å². The van der Waals surface area contributed by atoms with Crippen LogP contribution in [0.3, 0.4) is 0 Å². The molecule has 1 heterocycles. The van der Waals surface area contributed by atoms with Crippen LogP contribution in [0.25, 0.3) is 0 Å². The second-order valence-corrected chi connectivity index (χ2v) is 15.0. The van der Waals surface area contributed by atoms with Crippen LogP contribution in [0, 0.1) is 45.1 Å². The zero-order valence-corrected chi connectivity index (χ0v) is 28.2. The number of nitrogens with zero attached hydrogens (tertiary/aromatic N) is 2. The molecule has 248 valence electrons. The molecule has 0 aromatic heterocycles. The van der Waals surface area contributed by atoms with Crippen LogP contribution in [0.2, 0.25) is 0 Å². The molecule has 4 aliphatic rings. The Kier molecular flexibility index (Phi) is 12.4. The van der Waals surface area contributed by atoms with Crippen LogP contribution in [0.5, 0.6) is 0 Å². The fraction of sp³-hybridized carbons (Fsp3) is 0.844. The predicted octanol–water partition coefficient (Wildman–Crippen LogP) is 5.01. The molecule has 1 aliphatic heterocycles. The van der Waals surface area contributed by atoms with Crippen molar-refractivity contribution in [3.8, 4) is 0 Å². The van der Waals surface area contributed by atoms with Gasteiger partial charge in [-0.25, -0.2) is 15.1 Å². The van der Waals surface area contributed by atoms with Gasteiger partial charge in [0.25, 0.3) is 5.96 Å². The first-order valence-corrected chi connectivity index (χ1v) is 16.5. The van der Waals surface area contributed by atoms with Crippen molar-refractivity contribution in [1.29, 1.82) is 0 Å². The number of guanidine groups is 1. The van der Waals surface area contributed by atoms with E-state index in [-0.39, 0.29) is 59.6 Å². The smallest absolute Gasteiger partial charge is 0.404 e. The highest BCUT2D eigenvalue weighted by Gasteiger charge is 2.68. The molecule has 0 aromatic rings. The number of amides is 1. The lowest BCUT2D eigenvalue weighted by atomic mass is 9.43. The van der Waals surface area contributed by atoms with Gasteiger partial charge in [-0.2, -0.15) is 0 Å². The van der Waals surface area contributed by atoms with Gasteiger partial charge in [0.15, 0.2) is 5.03 Å². The maximum atomic E-state index is 13.9. The third-order valence-corrected chi connectivity index (χ3v) is 10.2. The maximum absolute atomic E-state index is 13.9. The van der Waals surface area contributed by atoms with E-state index in [2.05, 4.69) is 71.8 Å². The van der Waals surface area contributed by atoms with Crippen LogP contribution in [0.4, 0.5) is 0 Å². The van der Waals surface area contributed by atoms with Gasteiger partial charge in [-0.15, -0.1) is 0 Å². The van der Waals surface area contributed by atoms with Crippen molar-refractivity contribution < 1.29 is 23.9 Å². The van der Waals surface area contributed by atoms with Gasteiger partial charge in [-0.3, -0.25) is 9.59 Å². The SMILES string of the molecule is CC(C)=CCC[C@H](C)CC(=O)C[C@@H](CCCN=C(N)N[N+](=O)[O-])C(=O)N[C@@H](CC(C)C)B1O[C@@H]2C[C@@H]3C[C@@H](C3(C)C)[C@]2(C)O1. The van der Waals surface area contributed by atoms with Gasteiger partial charge < -0.3 is 20.4 Å². The standard InChI is InChI=1S/C32H56BN5O6/c1-20(2)11-9-12-22(5)16-25(39)17-23(13-10-14-35-30(34)37-38(41)42)29(40)36-28(15-21(3)4)33-43-27-19-24-18-26(31(24,6)7)32(27,8)44-33/h11,21-24,26-28H,9-10,12-19H2,1-8H3,(H,36,40)(H3,34,35,37)/t22-,23+,24-,26-,27+,28-,32-/m0/s1. The van der Waals surface area contributed by atoms with E-state index in [1.54, 1.807) is 0 Å². The van der Waals surface area contributed by atoms with Crippen LogP contribution in [-0.2, 0) is 18.9 Å². The van der Waals surface area contributed by atoms with Gasteiger partial charge in [-0.05, 0) is 94.8 Å². The van der Waals surface area contributed by atoms with Gasteiger partial charge >= 0.3 is 7.12 Å². The molecule has 3 saturated carbocycles. The zero-order chi connectivity index (χ0) is 32.8. The van der Waals surface area contributed by atoms with Gasteiger partial charge in [0.1, 0.15) is 5.78 Å². The average molecular weight is 618 g/mol. The number of nitro groups is 1. The minimum atomic E-state index is -0.768. The molecular formula is C32H56BN5O6. The number of hydrazine groups is 1. The molecule has 4 N–H and O–H groups in total. The summed E-state index contributed by atoms with van der Waals surface area (Å²) in [6.45, 7) is 17.5. The van der Waals surface area contributed by atoms with Crippen molar-refractivity contribution in [2.24, 2.45) is 45.7 Å². The molecule has 12 heteroatoms. The number of nitrogens with two attached hydrogens (primary N) is 1. The van der Waals surface area contributed by atoms with E-state index >= 15 is 0 Å². The Morgan fingerprint density at radius 1 is 1.16 bits per heavy atom. The summed E-state index contributed by atoms with van der Waals surface area (Å²) in [5.74, 6) is 0.219.